The van der Waals surface area contributed by atoms with Crippen LogP contribution in [0.15, 0.2) is 30.5 Å². The largest absolute Gasteiger partial charge is 0.494 e. The topological polar surface area (TPSA) is 85.5 Å². The second-order valence-electron chi connectivity index (χ2n) is 10.3. The third kappa shape index (κ3) is 6.14. The minimum absolute atomic E-state index is 0.350. The summed E-state index contributed by atoms with van der Waals surface area (Å²) in [5.74, 6) is 0.937. The van der Waals surface area contributed by atoms with Gasteiger partial charge in [-0.15, -0.1) is 0 Å². The van der Waals surface area contributed by atoms with Crippen molar-refractivity contribution in [2.75, 3.05) is 6.54 Å². The molecule has 0 unspecified atom stereocenters. The van der Waals surface area contributed by atoms with Crippen LogP contribution in [0.25, 0.3) is 11.3 Å². The maximum atomic E-state index is 11.7. The van der Waals surface area contributed by atoms with Gasteiger partial charge in [-0.25, -0.2) is 9.78 Å². The minimum Gasteiger partial charge on any atom is -0.444 e. The molecule has 0 atom stereocenters. The van der Waals surface area contributed by atoms with Gasteiger partial charge in [0.05, 0.1) is 23.1 Å². The molecule has 1 saturated heterocycles. The summed E-state index contributed by atoms with van der Waals surface area (Å²) in [6.45, 7) is 14.4. The van der Waals surface area contributed by atoms with E-state index in [0.717, 1.165) is 41.8 Å². The van der Waals surface area contributed by atoms with E-state index in [2.05, 4.69) is 55.1 Å². The Morgan fingerprint density at radius 2 is 1.72 bits per heavy atom. The third-order valence-electron chi connectivity index (χ3n) is 5.88. The van der Waals surface area contributed by atoms with Gasteiger partial charge in [0.25, 0.3) is 0 Å². The molecule has 1 fully saturated rings. The van der Waals surface area contributed by atoms with Crippen molar-refractivity contribution in [1.29, 1.82) is 0 Å². The first-order valence-corrected chi connectivity index (χ1v) is 11.3. The summed E-state index contributed by atoms with van der Waals surface area (Å²) in [6, 6.07) is 8.20. The number of amides is 1. The SMILES string of the molecule is CC(C)(C)OC(=O)NCCCCc1ncc(-c2ccc(B3OC(C)(C)C(C)(C)O3)cc2)[nH]1. The van der Waals surface area contributed by atoms with Crippen LogP contribution in [-0.2, 0) is 20.5 Å². The van der Waals surface area contributed by atoms with E-state index in [1.165, 1.54) is 0 Å². The van der Waals surface area contributed by atoms with Crippen LogP contribution in [0, 0.1) is 0 Å². The molecule has 2 heterocycles. The average Bonchev–Trinajstić information content (AvgIpc) is 3.22. The molecule has 1 aromatic heterocycles. The highest BCUT2D eigenvalue weighted by Crippen LogP contribution is 2.36. The maximum absolute atomic E-state index is 11.7. The van der Waals surface area contributed by atoms with E-state index in [0.29, 0.717) is 6.54 Å². The molecule has 0 spiro atoms. The number of aromatic amines is 1. The lowest BCUT2D eigenvalue weighted by Gasteiger charge is -2.32. The Morgan fingerprint density at radius 3 is 2.31 bits per heavy atom. The first kappa shape index (κ1) is 24.3. The standard InChI is InChI=1S/C24H36BN3O4/c1-22(2,3)30-21(29)26-15-9-8-10-20-27-16-19(28-20)17-11-13-18(14-12-17)25-31-23(4,5)24(6,7)32-25/h11-14,16H,8-10,15H2,1-7H3,(H,26,29)(H,27,28). The Labute approximate surface area is 191 Å². The van der Waals surface area contributed by atoms with Gasteiger partial charge >= 0.3 is 13.2 Å². The molecule has 0 bridgehead atoms. The van der Waals surface area contributed by atoms with Gasteiger partial charge in [-0.1, -0.05) is 24.3 Å². The van der Waals surface area contributed by atoms with Crippen molar-refractivity contribution in [3.63, 3.8) is 0 Å². The van der Waals surface area contributed by atoms with E-state index in [-0.39, 0.29) is 24.4 Å². The molecular weight excluding hydrogens is 405 g/mol. The zero-order valence-corrected chi connectivity index (χ0v) is 20.4. The van der Waals surface area contributed by atoms with E-state index in [1.54, 1.807) is 0 Å². The number of hydrogen-bond acceptors (Lipinski definition) is 5. The highest BCUT2D eigenvalue weighted by molar-refractivity contribution is 6.62. The molecule has 7 nitrogen and oxygen atoms in total. The Hall–Kier alpha value is -2.32. The van der Waals surface area contributed by atoms with Gasteiger partial charge in [0.1, 0.15) is 11.4 Å². The normalized spacial score (nSPS) is 17.4. The minimum atomic E-state index is -0.475. The Bertz CT molecular complexity index is 900. The van der Waals surface area contributed by atoms with Crippen molar-refractivity contribution in [2.45, 2.75) is 84.5 Å². The van der Waals surface area contributed by atoms with Crippen LogP contribution in [0.2, 0.25) is 0 Å². The lowest BCUT2D eigenvalue weighted by Crippen LogP contribution is -2.41. The van der Waals surface area contributed by atoms with Crippen LogP contribution < -0.4 is 10.8 Å². The molecule has 174 valence electrons. The zero-order chi connectivity index (χ0) is 23.6. The Kier molecular flexibility index (Phi) is 7.05. The quantitative estimate of drug-likeness (QED) is 0.496. The van der Waals surface area contributed by atoms with Gasteiger partial charge in [0.15, 0.2) is 0 Å². The number of rotatable bonds is 7. The van der Waals surface area contributed by atoms with E-state index in [9.17, 15) is 4.79 Å². The molecular formula is C24H36BN3O4. The number of carbonyl (C=O) groups is 1. The number of nitrogens with one attached hydrogen (secondary N) is 2. The number of ether oxygens (including phenoxy) is 1. The zero-order valence-electron chi connectivity index (χ0n) is 20.4. The van der Waals surface area contributed by atoms with Crippen molar-refractivity contribution in [2.24, 2.45) is 0 Å². The van der Waals surface area contributed by atoms with E-state index in [1.807, 2.05) is 39.1 Å². The molecule has 2 N–H and O–H groups in total. The Morgan fingerprint density at radius 1 is 1.09 bits per heavy atom. The highest BCUT2D eigenvalue weighted by atomic mass is 16.7. The van der Waals surface area contributed by atoms with Crippen LogP contribution in [0.1, 0.15) is 67.1 Å². The fraction of sp³-hybridized carbons (Fsp3) is 0.583. The van der Waals surface area contributed by atoms with Crippen LogP contribution in [-0.4, -0.2) is 46.5 Å². The highest BCUT2D eigenvalue weighted by Gasteiger charge is 2.51. The molecule has 0 aliphatic carbocycles. The van der Waals surface area contributed by atoms with Crippen LogP contribution in [0.5, 0.6) is 0 Å². The lowest BCUT2D eigenvalue weighted by molar-refractivity contribution is 0.00578. The fourth-order valence-corrected chi connectivity index (χ4v) is 3.36. The smallest absolute Gasteiger partial charge is 0.444 e. The number of imidazole rings is 1. The third-order valence-corrected chi connectivity index (χ3v) is 5.88. The number of carbonyl (C=O) groups excluding carboxylic acids is 1. The predicted octanol–water partition coefficient (Wildman–Crippen LogP) is 4.22. The number of hydrogen-bond donors (Lipinski definition) is 2. The summed E-state index contributed by atoms with van der Waals surface area (Å²) >= 11 is 0. The first-order chi connectivity index (χ1) is 14.9. The van der Waals surface area contributed by atoms with Crippen molar-refractivity contribution in [3.05, 3.63) is 36.3 Å². The molecule has 0 radical (unpaired) electrons. The van der Waals surface area contributed by atoms with E-state index >= 15 is 0 Å². The van der Waals surface area contributed by atoms with Crippen LogP contribution in [0.4, 0.5) is 4.79 Å². The maximum Gasteiger partial charge on any atom is 0.494 e. The first-order valence-electron chi connectivity index (χ1n) is 11.3. The molecule has 32 heavy (non-hydrogen) atoms. The monoisotopic (exact) mass is 441 g/mol. The second-order valence-corrected chi connectivity index (χ2v) is 10.3. The van der Waals surface area contributed by atoms with Crippen molar-refractivity contribution >= 4 is 18.7 Å². The van der Waals surface area contributed by atoms with Gasteiger partial charge < -0.3 is 24.3 Å². The van der Waals surface area contributed by atoms with Gasteiger partial charge in [0, 0.05) is 13.0 Å². The molecule has 1 amide bonds. The lowest BCUT2D eigenvalue weighted by atomic mass is 9.79. The molecule has 2 aromatic rings. The predicted molar refractivity (Wildman–Crippen MR) is 127 cm³/mol. The number of nitrogens with zero attached hydrogens (tertiary/aromatic N) is 1. The van der Waals surface area contributed by atoms with Gasteiger partial charge in [-0.05, 0) is 72.3 Å². The second kappa shape index (κ2) is 9.28. The van der Waals surface area contributed by atoms with Crippen molar-refractivity contribution in [3.8, 4) is 11.3 Å². The van der Waals surface area contributed by atoms with Gasteiger partial charge in [-0.3, -0.25) is 0 Å². The molecule has 1 aliphatic rings. The van der Waals surface area contributed by atoms with Crippen molar-refractivity contribution < 1.29 is 18.8 Å². The number of H-pyrrole nitrogens is 1. The molecule has 1 aromatic carbocycles. The average molecular weight is 441 g/mol. The summed E-state index contributed by atoms with van der Waals surface area (Å²) in [5, 5.41) is 2.78. The molecule has 0 saturated carbocycles. The number of benzene rings is 1. The number of unbranched alkanes of at least 4 members (excludes halogenated alkanes) is 1. The Balaban J connectivity index is 1.47. The number of aromatic nitrogens is 2. The van der Waals surface area contributed by atoms with E-state index < -0.39 is 5.60 Å². The van der Waals surface area contributed by atoms with Crippen LogP contribution >= 0.6 is 0 Å². The van der Waals surface area contributed by atoms with E-state index in [4.69, 9.17) is 14.0 Å². The number of alkyl carbamates (subject to hydrolysis) is 1. The van der Waals surface area contributed by atoms with Crippen molar-refractivity contribution in [1.82, 2.24) is 15.3 Å². The fourth-order valence-electron chi connectivity index (χ4n) is 3.36. The van der Waals surface area contributed by atoms with Gasteiger partial charge in [-0.2, -0.15) is 0 Å². The summed E-state index contributed by atoms with van der Waals surface area (Å²) in [6.07, 6.45) is 4.09. The number of aryl methyl sites for hydroxylation is 1. The van der Waals surface area contributed by atoms with Gasteiger partial charge in [0.2, 0.25) is 0 Å². The summed E-state index contributed by atoms with van der Waals surface area (Å²) in [7, 11) is -0.360. The summed E-state index contributed by atoms with van der Waals surface area (Å²) in [4.78, 5) is 19.5. The summed E-state index contributed by atoms with van der Waals surface area (Å²) < 4.78 is 17.5. The summed E-state index contributed by atoms with van der Waals surface area (Å²) in [5.41, 5.74) is 1.87. The molecule has 1 aliphatic heterocycles. The molecule has 3 rings (SSSR count). The molecule has 8 heteroatoms. The van der Waals surface area contributed by atoms with Crippen LogP contribution in [0.3, 0.4) is 0 Å².